The molecule has 1 amide bonds. The molecule has 0 fully saturated rings. The monoisotopic (exact) mass is 252 g/mol. The maximum atomic E-state index is 12.3. The second-order valence-corrected chi connectivity index (χ2v) is 4.22. The molecule has 0 saturated heterocycles. The zero-order valence-electron chi connectivity index (χ0n) is 10.2. The molecule has 2 aromatic rings. The van der Waals surface area contributed by atoms with Gasteiger partial charge >= 0.3 is 0 Å². The lowest BCUT2D eigenvalue weighted by Crippen LogP contribution is -2.25. The number of hydrogen-bond donors (Lipinski definition) is 1. The molecule has 0 aliphatic carbocycles. The van der Waals surface area contributed by atoms with Crippen LogP contribution in [0.15, 0.2) is 53.5 Å². The minimum absolute atomic E-state index is 0.0764. The average molecular weight is 252 g/mol. The lowest BCUT2D eigenvalue weighted by atomic mass is 10.2. The van der Waals surface area contributed by atoms with Gasteiger partial charge in [0.2, 0.25) is 5.91 Å². The van der Waals surface area contributed by atoms with E-state index in [0.717, 1.165) is 5.69 Å². The first-order valence-electron chi connectivity index (χ1n) is 6.00. The third-order valence-corrected chi connectivity index (χ3v) is 2.99. The van der Waals surface area contributed by atoms with Crippen LogP contribution >= 0.6 is 0 Å². The van der Waals surface area contributed by atoms with E-state index in [0.29, 0.717) is 11.4 Å². The second-order valence-electron chi connectivity index (χ2n) is 4.22. The highest BCUT2D eigenvalue weighted by molar-refractivity contribution is 6.10. The summed E-state index contributed by atoms with van der Waals surface area (Å²) in [5.41, 5.74) is 1.88. The number of carbonyl (C=O) groups excluding carboxylic acids is 1. The normalized spacial score (nSPS) is 14.1. The summed E-state index contributed by atoms with van der Waals surface area (Å²) >= 11 is 0. The van der Waals surface area contributed by atoms with E-state index in [-0.39, 0.29) is 18.1 Å². The Morgan fingerprint density at radius 3 is 2.47 bits per heavy atom. The molecule has 0 saturated carbocycles. The van der Waals surface area contributed by atoms with Gasteiger partial charge in [0.25, 0.3) is 0 Å². The van der Waals surface area contributed by atoms with Crippen LogP contribution in [0.25, 0.3) is 0 Å². The molecular formula is C15H12N2O2. The number of rotatable bonds is 1. The Bertz CT molecular complexity index is 665. The molecule has 1 aliphatic heterocycles. The summed E-state index contributed by atoms with van der Waals surface area (Å²) in [4.78, 5) is 18.0. The minimum Gasteiger partial charge on any atom is -0.506 e. The Hall–Kier alpha value is -2.62. The van der Waals surface area contributed by atoms with Crippen LogP contribution in [0.1, 0.15) is 6.42 Å². The molecule has 0 spiro atoms. The number of anilines is 2. The third-order valence-electron chi connectivity index (χ3n) is 2.99. The van der Waals surface area contributed by atoms with Crippen LogP contribution in [0, 0.1) is 0 Å². The van der Waals surface area contributed by atoms with E-state index in [2.05, 4.69) is 4.99 Å². The minimum atomic E-state index is -0.116. The largest absolute Gasteiger partial charge is 0.506 e. The fraction of sp³-hybridized carbons (Fsp3) is 0.0667. The SMILES string of the molecule is O=C1CC=Nc2ccccc2N1c1ccccc1O. The molecule has 4 heteroatoms. The van der Waals surface area contributed by atoms with Crippen molar-refractivity contribution in [1.82, 2.24) is 0 Å². The number of phenols is 1. The van der Waals surface area contributed by atoms with Crippen LogP contribution in [0.4, 0.5) is 17.1 Å². The summed E-state index contributed by atoms with van der Waals surface area (Å²) in [6.07, 6.45) is 1.81. The number of para-hydroxylation sites is 4. The van der Waals surface area contributed by atoms with E-state index in [1.54, 1.807) is 30.5 Å². The molecule has 1 N–H and O–H groups in total. The van der Waals surface area contributed by atoms with Crippen molar-refractivity contribution in [2.24, 2.45) is 4.99 Å². The summed E-state index contributed by atoms with van der Waals surface area (Å²) in [6, 6.07) is 14.2. The van der Waals surface area contributed by atoms with Crippen LogP contribution in [-0.4, -0.2) is 17.2 Å². The lowest BCUT2D eigenvalue weighted by molar-refractivity contribution is -0.116. The predicted molar refractivity (Wildman–Crippen MR) is 74.5 cm³/mol. The van der Waals surface area contributed by atoms with Gasteiger partial charge in [0.05, 0.1) is 23.5 Å². The molecular weight excluding hydrogens is 240 g/mol. The van der Waals surface area contributed by atoms with Gasteiger partial charge in [-0.3, -0.25) is 14.7 Å². The molecule has 4 nitrogen and oxygen atoms in total. The Morgan fingerprint density at radius 1 is 1.00 bits per heavy atom. The van der Waals surface area contributed by atoms with Gasteiger partial charge < -0.3 is 5.11 Å². The molecule has 19 heavy (non-hydrogen) atoms. The molecule has 1 heterocycles. The molecule has 1 aliphatic rings. The second kappa shape index (κ2) is 4.57. The summed E-state index contributed by atoms with van der Waals surface area (Å²) in [6.45, 7) is 0. The smallest absolute Gasteiger partial charge is 0.237 e. The lowest BCUT2D eigenvalue weighted by Gasteiger charge is -2.23. The van der Waals surface area contributed by atoms with Gasteiger partial charge in [-0.05, 0) is 24.3 Å². The molecule has 0 atom stereocenters. The quantitative estimate of drug-likeness (QED) is 0.847. The van der Waals surface area contributed by atoms with E-state index in [1.165, 1.54) is 4.90 Å². The summed E-state index contributed by atoms with van der Waals surface area (Å²) in [7, 11) is 0. The standard InChI is InChI=1S/C15H12N2O2/c18-14-8-4-3-7-13(14)17-12-6-2-1-5-11(12)16-10-9-15(17)19/h1-8,10,18H,9H2. The predicted octanol–water partition coefficient (Wildman–Crippen LogP) is 3.16. The highest BCUT2D eigenvalue weighted by Gasteiger charge is 2.23. The molecule has 2 aromatic carbocycles. The maximum absolute atomic E-state index is 12.3. The first-order valence-corrected chi connectivity index (χ1v) is 6.00. The molecule has 3 rings (SSSR count). The molecule has 94 valence electrons. The van der Waals surface area contributed by atoms with Crippen molar-refractivity contribution < 1.29 is 9.90 Å². The van der Waals surface area contributed by atoms with Crippen molar-refractivity contribution in [3.05, 3.63) is 48.5 Å². The van der Waals surface area contributed by atoms with Crippen LogP contribution < -0.4 is 4.90 Å². The van der Waals surface area contributed by atoms with Crippen molar-refractivity contribution in [2.75, 3.05) is 4.90 Å². The van der Waals surface area contributed by atoms with E-state index in [1.807, 2.05) is 24.3 Å². The number of hydrogen-bond acceptors (Lipinski definition) is 3. The zero-order valence-corrected chi connectivity index (χ0v) is 10.2. The summed E-state index contributed by atoms with van der Waals surface area (Å²) in [5.74, 6) is -0.0391. The van der Waals surface area contributed by atoms with Crippen LogP contribution in [0.3, 0.4) is 0 Å². The Labute approximate surface area is 110 Å². The van der Waals surface area contributed by atoms with Gasteiger partial charge in [-0.25, -0.2) is 0 Å². The number of aliphatic imine (C=N–C) groups is 1. The number of phenolic OH excluding ortho intramolecular Hbond substituents is 1. The fourth-order valence-electron chi connectivity index (χ4n) is 2.13. The first-order chi connectivity index (χ1) is 9.27. The van der Waals surface area contributed by atoms with E-state index in [4.69, 9.17) is 0 Å². The van der Waals surface area contributed by atoms with Crippen molar-refractivity contribution in [3.8, 4) is 5.75 Å². The maximum Gasteiger partial charge on any atom is 0.237 e. The fourth-order valence-corrected chi connectivity index (χ4v) is 2.13. The summed E-state index contributed by atoms with van der Waals surface area (Å²) < 4.78 is 0. The highest BCUT2D eigenvalue weighted by Crippen LogP contribution is 2.39. The molecule has 0 aromatic heterocycles. The van der Waals surface area contributed by atoms with Gasteiger partial charge in [-0.2, -0.15) is 0 Å². The number of aromatic hydroxyl groups is 1. The zero-order chi connectivity index (χ0) is 13.2. The van der Waals surface area contributed by atoms with Crippen LogP contribution in [0.5, 0.6) is 5.75 Å². The topological polar surface area (TPSA) is 52.9 Å². The highest BCUT2D eigenvalue weighted by atomic mass is 16.3. The Balaban J connectivity index is 2.20. The number of benzene rings is 2. The van der Waals surface area contributed by atoms with Gasteiger partial charge in [-0.15, -0.1) is 0 Å². The van der Waals surface area contributed by atoms with Crippen LogP contribution in [-0.2, 0) is 4.79 Å². The van der Waals surface area contributed by atoms with Crippen LogP contribution in [0.2, 0.25) is 0 Å². The number of nitrogens with zero attached hydrogens (tertiary/aromatic N) is 2. The Kier molecular flexibility index (Phi) is 2.76. The van der Waals surface area contributed by atoms with Gasteiger partial charge in [0, 0.05) is 6.21 Å². The molecule has 0 bridgehead atoms. The number of fused-ring (bicyclic) bond motifs is 1. The van der Waals surface area contributed by atoms with Gasteiger partial charge in [0.15, 0.2) is 0 Å². The van der Waals surface area contributed by atoms with Crippen molar-refractivity contribution >= 4 is 29.2 Å². The molecule has 0 unspecified atom stereocenters. The van der Waals surface area contributed by atoms with Gasteiger partial charge in [0.1, 0.15) is 5.75 Å². The number of carbonyl (C=O) groups is 1. The average Bonchev–Trinajstić information content (AvgIpc) is 2.58. The third kappa shape index (κ3) is 1.97. The van der Waals surface area contributed by atoms with E-state index < -0.39 is 0 Å². The van der Waals surface area contributed by atoms with Crippen molar-refractivity contribution in [1.29, 1.82) is 0 Å². The first kappa shape index (κ1) is 11.5. The summed E-state index contributed by atoms with van der Waals surface area (Å²) in [5, 5.41) is 9.96. The van der Waals surface area contributed by atoms with Crippen molar-refractivity contribution in [2.45, 2.75) is 6.42 Å². The van der Waals surface area contributed by atoms with Crippen molar-refractivity contribution in [3.63, 3.8) is 0 Å². The van der Waals surface area contributed by atoms with E-state index >= 15 is 0 Å². The van der Waals surface area contributed by atoms with Gasteiger partial charge in [-0.1, -0.05) is 24.3 Å². The van der Waals surface area contributed by atoms with E-state index in [9.17, 15) is 9.90 Å². The number of amides is 1. The molecule has 0 radical (unpaired) electrons. The Morgan fingerprint density at radius 2 is 1.68 bits per heavy atom.